The van der Waals surface area contributed by atoms with Gasteiger partial charge in [0.1, 0.15) is 0 Å². The van der Waals surface area contributed by atoms with E-state index < -0.39 is 0 Å². The Kier molecular flexibility index (Phi) is 6.15. The summed E-state index contributed by atoms with van der Waals surface area (Å²) in [5.41, 5.74) is 3.55. The summed E-state index contributed by atoms with van der Waals surface area (Å²) in [5.74, 6) is 0.241. The lowest BCUT2D eigenvalue weighted by atomic mass is 9.88. The fraction of sp³-hybridized carbons (Fsp3) is 0.217. The van der Waals surface area contributed by atoms with E-state index in [9.17, 15) is 4.79 Å². The van der Waals surface area contributed by atoms with Crippen molar-refractivity contribution in [2.45, 2.75) is 18.8 Å². The van der Waals surface area contributed by atoms with Gasteiger partial charge in [-0.1, -0.05) is 60.7 Å². The number of likely N-dealkylation sites (N-methyl/N-ethyl adjacent to an activating group) is 1. The van der Waals surface area contributed by atoms with E-state index >= 15 is 0 Å². The third kappa shape index (κ3) is 4.79. The van der Waals surface area contributed by atoms with Gasteiger partial charge in [-0.2, -0.15) is 0 Å². The largest absolute Gasteiger partial charge is 0.345 e. The standard InChI is InChI=1S/C23H24N2O/c1-25(17-14-19-12-15-24-16-13-19)23(26)18-22(20-8-4-2-5-9-20)21-10-6-3-7-11-21/h2-13,15-16,22H,14,17-18H2,1H3. The number of hydrogen-bond donors (Lipinski definition) is 0. The molecule has 0 saturated heterocycles. The topological polar surface area (TPSA) is 33.2 Å². The van der Waals surface area contributed by atoms with Gasteiger partial charge in [0, 0.05) is 38.3 Å². The van der Waals surface area contributed by atoms with Crippen molar-refractivity contribution in [3.05, 3.63) is 102 Å². The summed E-state index contributed by atoms with van der Waals surface area (Å²) in [7, 11) is 1.89. The Morgan fingerprint density at radius 3 is 1.96 bits per heavy atom. The summed E-state index contributed by atoms with van der Waals surface area (Å²) >= 11 is 0. The van der Waals surface area contributed by atoms with Crippen molar-refractivity contribution in [2.75, 3.05) is 13.6 Å². The highest BCUT2D eigenvalue weighted by molar-refractivity contribution is 5.77. The average molecular weight is 344 g/mol. The van der Waals surface area contributed by atoms with E-state index in [2.05, 4.69) is 29.2 Å². The van der Waals surface area contributed by atoms with Crippen LogP contribution in [0.4, 0.5) is 0 Å². The molecule has 3 nitrogen and oxygen atoms in total. The van der Waals surface area contributed by atoms with Gasteiger partial charge in [-0.3, -0.25) is 9.78 Å². The lowest BCUT2D eigenvalue weighted by Gasteiger charge is -2.22. The molecule has 1 amide bonds. The number of carbonyl (C=O) groups is 1. The van der Waals surface area contributed by atoms with Gasteiger partial charge < -0.3 is 4.90 Å². The molecule has 0 radical (unpaired) electrons. The molecule has 0 bridgehead atoms. The second-order valence-electron chi connectivity index (χ2n) is 6.50. The highest BCUT2D eigenvalue weighted by Crippen LogP contribution is 2.28. The van der Waals surface area contributed by atoms with Crippen LogP contribution in [0.5, 0.6) is 0 Å². The lowest BCUT2D eigenvalue weighted by Crippen LogP contribution is -2.30. The SMILES string of the molecule is CN(CCc1ccncc1)C(=O)CC(c1ccccc1)c1ccccc1. The van der Waals surface area contributed by atoms with Crippen molar-refractivity contribution in [3.8, 4) is 0 Å². The Morgan fingerprint density at radius 2 is 1.42 bits per heavy atom. The van der Waals surface area contributed by atoms with E-state index in [1.54, 1.807) is 12.4 Å². The Hall–Kier alpha value is -2.94. The Bertz CT molecular complexity index is 764. The first-order chi connectivity index (χ1) is 12.7. The average Bonchev–Trinajstić information content (AvgIpc) is 2.72. The fourth-order valence-corrected chi connectivity index (χ4v) is 3.10. The Balaban J connectivity index is 1.69. The smallest absolute Gasteiger partial charge is 0.223 e. The molecule has 0 aliphatic carbocycles. The van der Waals surface area contributed by atoms with Gasteiger partial charge in [-0.15, -0.1) is 0 Å². The molecule has 0 N–H and O–H groups in total. The molecule has 3 aromatic rings. The number of pyridine rings is 1. The van der Waals surface area contributed by atoms with Crippen LogP contribution in [-0.4, -0.2) is 29.4 Å². The summed E-state index contributed by atoms with van der Waals surface area (Å²) in [5, 5.41) is 0. The van der Waals surface area contributed by atoms with Crippen LogP contribution in [0, 0.1) is 0 Å². The summed E-state index contributed by atoms with van der Waals surface area (Å²) in [4.78, 5) is 18.7. The highest BCUT2D eigenvalue weighted by atomic mass is 16.2. The van der Waals surface area contributed by atoms with Crippen LogP contribution in [0.3, 0.4) is 0 Å². The molecule has 0 unspecified atom stereocenters. The van der Waals surface area contributed by atoms with E-state index in [4.69, 9.17) is 0 Å². The minimum absolute atomic E-state index is 0.0771. The number of carbonyl (C=O) groups excluding carboxylic acids is 1. The van der Waals surface area contributed by atoms with Crippen LogP contribution in [0.1, 0.15) is 29.0 Å². The third-order valence-electron chi connectivity index (χ3n) is 4.69. The molecule has 0 aliphatic heterocycles. The van der Waals surface area contributed by atoms with E-state index in [0.717, 1.165) is 6.42 Å². The maximum atomic E-state index is 12.8. The van der Waals surface area contributed by atoms with Gasteiger partial charge in [0.15, 0.2) is 0 Å². The van der Waals surface area contributed by atoms with Gasteiger partial charge >= 0.3 is 0 Å². The lowest BCUT2D eigenvalue weighted by molar-refractivity contribution is -0.130. The van der Waals surface area contributed by atoms with Crippen molar-refractivity contribution in [1.82, 2.24) is 9.88 Å². The molecule has 3 heteroatoms. The summed E-state index contributed by atoms with van der Waals surface area (Å²) < 4.78 is 0. The summed E-state index contributed by atoms with van der Waals surface area (Å²) in [6.45, 7) is 0.707. The summed E-state index contributed by atoms with van der Waals surface area (Å²) in [6, 6.07) is 24.5. The molecular formula is C23H24N2O. The number of aromatic nitrogens is 1. The van der Waals surface area contributed by atoms with Crippen LogP contribution >= 0.6 is 0 Å². The third-order valence-corrected chi connectivity index (χ3v) is 4.69. The number of hydrogen-bond acceptors (Lipinski definition) is 2. The van der Waals surface area contributed by atoms with Crippen molar-refractivity contribution in [1.29, 1.82) is 0 Å². The highest BCUT2D eigenvalue weighted by Gasteiger charge is 2.20. The molecule has 26 heavy (non-hydrogen) atoms. The zero-order valence-corrected chi connectivity index (χ0v) is 15.1. The number of nitrogens with zero attached hydrogens (tertiary/aromatic N) is 2. The fourth-order valence-electron chi connectivity index (χ4n) is 3.10. The van der Waals surface area contributed by atoms with Crippen LogP contribution < -0.4 is 0 Å². The second-order valence-corrected chi connectivity index (χ2v) is 6.50. The van der Waals surface area contributed by atoms with Gasteiger partial charge in [0.25, 0.3) is 0 Å². The van der Waals surface area contributed by atoms with E-state index in [0.29, 0.717) is 13.0 Å². The minimum Gasteiger partial charge on any atom is -0.345 e. The molecule has 0 atom stereocenters. The first-order valence-electron chi connectivity index (χ1n) is 8.97. The van der Waals surface area contributed by atoms with Gasteiger partial charge in [-0.05, 0) is 35.2 Å². The molecule has 1 aromatic heterocycles. The first kappa shape index (κ1) is 17.9. The van der Waals surface area contributed by atoms with Crippen molar-refractivity contribution < 1.29 is 4.79 Å². The van der Waals surface area contributed by atoms with Gasteiger partial charge in [0.2, 0.25) is 5.91 Å². The Labute approximate surface area is 155 Å². The predicted octanol–water partition coefficient (Wildman–Crippen LogP) is 4.30. The summed E-state index contributed by atoms with van der Waals surface area (Å²) in [6.07, 6.45) is 4.89. The van der Waals surface area contributed by atoms with E-state index in [1.807, 2.05) is 60.5 Å². The number of rotatable bonds is 7. The van der Waals surface area contributed by atoms with Gasteiger partial charge in [0.05, 0.1) is 0 Å². The molecule has 2 aromatic carbocycles. The molecule has 1 heterocycles. The van der Waals surface area contributed by atoms with Crippen LogP contribution in [-0.2, 0) is 11.2 Å². The molecule has 132 valence electrons. The molecular weight excluding hydrogens is 320 g/mol. The van der Waals surface area contributed by atoms with Crippen molar-refractivity contribution in [3.63, 3.8) is 0 Å². The molecule has 0 saturated carbocycles. The van der Waals surface area contributed by atoms with E-state index in [-0.39, 0.29) is 11.8 Å². The van der Waals surface area contributed by atoms with Crippen molar-refractivity contribution >= 4 is 5.91 Å². The van der Waals surface area contributed by atoms with Crippen LogP contribution in [0.15, 0.2) is 85.2 Å². The van der Waals surface area contributed by atoms with Crippen LogP contribution in [0.2, 0.25) is 0 Å². The van der Waals surface area contributed by atoms with E-state index in [1.165, 1.54) is 16.7 Å². The monoisotopic (exact) mass is 344 g/mol. The zero-order chi connectivity index (χ0) is 18.2. The maximum absolute atomic E-state index is 12.8. The Morgan fingerprint density at radius 1 is 0.885 bits per heavy atom. The molecule has 0 spiro atoms. The molecule has 0 fully saturated rings. The van der Waals surface area contributed by atoms with Crippen molar-refractivity contribution in [2.24, 2.45) is 0 Å². The normalized spacial score (nSPS) is 10.7. The molecule has 0 aliphatic rings. The number of amides is 1. The minimum atomic E-state index is 0.0771. The second kappa shape index (κ2) is 8.95. The maximum Gasteiger partial charge on any atom is 0.223 e. The zero-order valence-electron chi connectivity index (χ0n) is 15.1. The number of benzene rings is 2. The quantitative estimate of drug-likeness (QED) is 0.640. The van der Waals surface area contributed by atoms with Gasteiger partial charge in [-0.25, -0.2) is 0 Å². The molecule has 3 rings (SSSR count). The first-order valence-corrected chi connectivity index (χ1v) is 8.97. The van der Waals surface area contributed by atoms with Crippen LogP contribution in [0.25, 0.3) is 0 Å². The predicted molar refractivity (Wildman–Crippen MR) is 105 cm³/mol.